The average Bonchev–Trinajstić information content (AvgIpc) is 3.02. The summed E-state index contributed by atoms with van der Waals surface area (Å²) in [7, 11) is 0. The van der Waals surface area contributed by atoms with Gasteiger partial charge in [-0.05, 0) is 18.4 Å². The van der Waals surface area contributed by atoms with E-state index in [-0.39, 0.29) is 24.3 Å². The van der Waals surface area contributed by atoms with Crippen molar-refractivity contribution in [2.24, 2.45) is 0 Å². The van der Waals surface area contributed by atoms with Crippen LogP contribution >= 0.6 is 0 Å². The first-order valence-electron chi connectivity index (χ1n) is 9.71. The van der Waals surface area contributed by atoms with Gasteiger partial charge in [-0.1, -0.05) is 36.4 Å². The van der Waals surface area contributed by atoms with Crippen molar-refractivity contribution in [1.29, 1.82) is 0 Å². The molecule has 0 radical (unpaired) electrons. The second kappa shape index (κ2) is 7.59. The fraction of sp³-hybridized carbons (Fsp3) is 0.381. The number of piperazine rings is 1. The number of ether oxygens (including phenoxy) is 1. The maximum Gasteiger partial charge on any atom is 0.410 e. The van der Waals surface area contributed by atoms with E-state index in [9.17, 15) is 14.4 Å². The first kappa shape index (κ1) is 18.4. The van der Waals surface area contributed by atoms with Crippen molar-refractivity contribution in [3.8, 4) is 0 Å². The van der Waals surface area contributed by atoms with Crippen molar-refractivity contribution >= 4 is 34.4 Å². The third-order valence-electron chi connectivity index (χ3n) is 5.58. The van der Waals surface area contributed by atoms with Crippen molar-refractivity contribution in [2.75, 3.05) is 37.7 Å². The van der Waals surface area contributed by atoms with Crippen LogP contribution in [0.3, 0.4) is 0 Å². The van der Waals surface area contributed by atoms with Crippen molar-refractivity contribution in [1.82, 2.24) is 4.90 Å². The second-order valence-electron chi connectivity index (χ2n) is 7.17. The Labute approximate surface area is 163 Å². The summed E-state index contributed by atoms with van der Waals surface area (Å²) in [6, 6.07) is 13.0. The van der Waals surface area contributed by atoms with Gasteiger partial charge in [-0.2, -0.15) is 0 Å². The van der Waals surface area contributed by atoms with E-state index in [4.69, 9.17) is 4.74 Å². The molecule has 2 fully saturated rings. The zero-order chi connectivity index (χ0) is 19.7. The molecule has 0 unspecified atom stereocenters. The van der Waals surface area contributed by atoms with Crippen molar-refractivity contribution in [3.63, 3.8) is 0 Å². The lowest BCUT2D eigenvalue weighted by molar-refractivity contribution is -0.918. The number of amides is 3. The molecular weight excluding hydrogens is 358 g/mol. The van der Waals surface area contributed by atoms with Crippen molar-refractivity contribution < 1.29 is 24.0 Å². The molecule has 146 valence electrons. The number of carbonyl (C=O) groups is 3. The summed E-state index contributed by atoms with van der Waals surface area (Å²) < 4.78 is 5.04. The van der Waals surface area contributed by atoms with Crippen LogP contribution in [0.15, 0.2) is 42.5 Å². The maximum absolute atomic E-state index is 13.2. The summed E-state index contributed by atoms with van der Waals surface area (Å²) in [5, 5.41) is 1.90. The third-order valence-corrected chi connectivity index (χ3v) is 5.58. The molecule has 2 aromatic carbocycles. The number of imide groups is 1. The van der Waals surface area contributed by atoms with Crippen LogP contribution in [0.5, 0.6) is 0 Å². The van der Waals surface area contributed by atoms with E-state index in [0.29, 0.717) is 38.5 Å². The van der Waals surface area contributed by atoms with Gasteiger partial charge < -0.3 is 9.64 Å². The number of nitrogens with zero attached hydrogens (tertiary/aromatic N) is 2. The van der Waals surface area contributed by atoms with Crippen LogP contribution in [-0.2, 0) is 14.3 Å². The van der Waals surface area contributed by atoms with Crippen LogP contribution in [0.4, 0.5) is 10.5 Å². The van der Waals surface area contributed by atoms with Crippen LogP contribution in [0, 0.1) is 0 Å². The van der Waals surface area contributed by atoms with Gasteiger partial charge in [0.2, 0.25) is 5.91 Å². The molecule has 28 heavy (non-hydrogen) atoms. The van der Waals surface area contributed by atoms with E-state index in [1.807, 2.05) is 42.5 Å². The molecule has 2 aliphatic rings. The number of hydrogen-bond donors (Lipinski definition) is 1. The Morgan fingerprint density at radius 1 is 1.11 bits per heavy atom. The number of nitrogens with one attached hydrogen (secondary N) is 1. The maximum atomic E-state index is 13.2. The van der Waals surface area contributed by atoms with Gasteiger partial charge in [-0.3, -0.25) is 14.5 Å². The van der Waals surface area contributed by atoms with E-state index < -0.39 is 6.04 Å². The number of rotatable bonds is 3. The number of fused-ring (bicyclic) bond motifs is 1. The molecule has 2 heterocycles. The summed E-state index contributed by atoms with van der Waals surface area (Å²) in [6.07, 6.45) is -0.107. The Morgan fingerprint density at radius 2 is 1.82 bits per heavy atom. The number of anilines is 1. The minimum absolute atomic E-state index is 0.152. The Morgan fingerprint density at radius 3 is 2.57 bits per heavy atom. The van der Waals surface area contributed by atoms with Crippen molar-refractivity contribution in [2.45, 2.75) is 19.4 Å². The van der Waals surface area contributed by atoms with Gasteiger partial charge in [0.1, 0.15) is 0 Å². The number of benzene rings is 2. The molecule has 2 aromatic rings. The Bertz CT molecular complexity index is 916. The van der Waals surface area contributed by atoms with Crippen LogP contribution in [0.1, 0.15) is 13.3 Å². The standard InChI is InChI=1S/C21H23N3O4/c1-2-28-21(27)23-12-10-22(11-13-23)18-14-19(25)24(20(18)26)17-9-5-7-15-6-3-4-8-16(15)17/h3-9,18H,2,10-14H2,1H3/p+1/t18-/m0/s1. The molecule has 3 amide bonds. The number of quaternary nitrogens is 1. The molecular formula is C21H24N3O4+. The van der Waals surface area contributed by atoms with E-state index in [1.165, 1.54) is 4.90 Å². The lowest BCUT2D eigenvalue weighted by Gasteiger charge is -2.33. The second-order valence-corrected chi connectivity index (χ2v) is 7.17. The lowest BCUT2D eigenvalue weighted by atomic mass is 10.1. The Hall–Kier alpha value is -2.93. The normalized spacial score (nSPS) is 20.8. The fourth-order valence-corrected chi connectivity index (χ4v) is 4.15. The number of carbonyl (C=O) groups excluding carboxylic acids is 3. The molecule has 4 rings (SSSR count). The highest BCUT2D eigenvalue weighted by atomic mass is 16.6. The molecule has 0 saturated carbocycles. The molecule has 0 aliphatic carbocycles. The van der Waals surface area contributed by atoms with Gasteiger partial charge in [0.15, 0.2) is 6.04 Å². The molecule has 1 N–H and O–H groups in total. The smallest absolute Gasteiger partial charge is 0.410 e. The SMILES string of the molecule is CCOC(=O)N1CC[NH+]([C@H]2CC(=O)N(c3cccc4ccccc34)C2=O)CC1. The third kappa shape index (κ3) is 3.22. The molecule has 0 bridgehead atoms. The summed E-state index contributed by atoms with van der Waals surface area (Å²) in [5.41, 5.74) is 0.653. The molecule has 2 saturated heterocycles. The van der Waals surface area contributed by atoms with Gasteiger partial charge in [0, 0.05) is 5.39 Å². The predicted molar refractivity (Wildman–Crippen MR) is 104 cm³/mol. The minimum atomic E-state index is -0.393. The van der Waals surface area contributed by atoms with Crippen LogP contribution < -0.4 is 9.80 Å². The van der Waals surface area contributed by atoms with E-state index in [0.717, 1.165) is 15.7 Å². The topological polar surface area (TPSA) is 71.4 Å². The van der Waals surface area contributed by atoms with Gasteiger partial charge in [0.25, 0.3) is 5.91 Å². The Balaban J connectivity index is 1.51. The summed E-state index contributed by atoms with van der Waals surface area (Å²) in [6.45, 7) is 4.45. The fourth-order valence-electron chi connectivity index (χ4n) is 4.15. The largest absolute Gasteiger partial charge is 0.450 e. The van der Waals surface area contributed by atoms with Gasteiger partial charge in [0.05, 0.1) is 44.9 Å². The van der Waals surface area contributed by atoms with Crippen molar-refractivity contribution in [3.05, 3.63) is 42.5 Å². The molecule has 7 heteroatoms. The Kier molecular flexibility index (Phi) is 5.00. The first-order valence-corrected chi connectivity index (χ1v) is 9.71. The minimum Gasteiger partial charge on any atom is -0.450 e. The summed E-state index contributed by atoms with van der Waals surface area (Å²) >= 11 is 0. The highest BCUT2D eigenvalue weighted by molar-refractivity contribution is 6.24. The van der Waals surface area contributed by atoms with E-state index in [1.54, 1.807) is 11.8 Å². The van der Waals surface area contributed by atoms with Gasteiger partial charge >= 0.3 is 6.09 Å². The molecule has 2 aliphatic heterocycles. The van der Waals surface area contributed by atoms with Crippen LogP contribution in [0.25, 0.3) is 10.8 Å². The summed E-state index contributed by atoms with van der Waals surface area (Å²) in [4.78, 5) is 41.8. The highest BCUT2D eigenvalue weighted by Gasteiger charge is 2.47. The average molecular weight is 382 g/mol. The quantitative estimate of drug-likeness (QED) is 0.799. The molecule has 1 atom stereocenters. The van der Waals surface area contributed by atoms with E-state index >= 15 is 0 Å². The van der Waals surface area contributed by atoms with E-state index in [2.05, 4.69) is 0 Å². The lowest BCUT2D eigenvalue weighted by Crippen LogP contribution is -3.19. The summed E-state index contributed by atoms with van der Waals surface area (Å²) in [5.74, 6) is -0.312. The predicted octanol–water partition coefficient (Wildman–Crippen LogP) is 0.829. The zero-order valence-electron chi connectivity index (χ0n) is 15.9. The first-order chi connectivity index (χ1) is 13.6. The zero-order valence-corrected chi connectivity index (χ0v) is 15.9. The molecule has 0 aromatic heterocycles. The monoisotopic (exact) mass is 382 g/mol. The molecule has 7 nitrogen and oxygen atoms in total. The van der Waals surface area contributed by atoms with Gasteiger partial charge in [-0.15, -0.1) is 0 Å². The highest BCUT2D eigenvalue weighted by Crippen LogP contribution is 2.30. The molecule has 0 spiro atoms. The van der Waals surface area contributed by atoms with Crippen LogP contribution in [0.2, 0.25) is 0 Å². The number of hydrogen-bond acceptors (Lipinski definition) is 4. The van der Waals surface area contributed by atoms with Gasteiger partial charge in [-0.25, -0.2) is 9.69 Å². The van der Waals surface area contributed by atoms with Crippen LogP contribution in [-0.4, -0.2) is 61.6 Å².